The fourth-order valence-corrected chi connectivity index (χ4v) is 1.78. The van der Waals surface area contributed by atoms with E-state index in [9.17, 15) is 4.79 Å². The first kappa shape index (κ1) is 15.9. The molecule has 0 rings (SSSR count). The van der Waals surface area contributed by atoms with E-state index in [1.165, 1.54) is 0 Å². The molecular formula is C13H25N3O. The van der Waals surface area contributed by atoms with Gasteiger partial charge in [0.15, 0.2) is 0 Å². The molecule has 0 aromatic rings. The lowest BCUT2D eigenvalue weighted by atomic mass is 9.84. The van der Waals surface area contributed by atoms with Gasteiger partial charge in [-0.3, -0.25) is 4.79 Å². The lowest BCUT2D eigenvalue weighted by Gasteiger charge is -2.30. The predicted octanol–water partition coefficient (Wildman–Crippen LogP) is 1.76. The van der Waals surface area contributed by atoms with Crippen LogP contribution in [0, 0.1) is 22.7 Å². The molecule has 0 spiro atoms. The van der Waals surface area contributed by atoms with E-state index in [2.05, 4.69) is 26.8 Å². The minimum Gasteiger partial charge on any atom is -0.342 e. The fourth-order valence-electron chi connectivity index (χ4n) is 1.78. The molecule has 98 valence electrons. The van der Waals surface area contributed by atoms with Crippen molar-refractivity contribution in [2.24, 2.45) is 17.1 Å². The summed E-state index contributed by atoms with van der Waals surface area (Å²) in [5.74, 6) is -0.105. The number of hydrogen-bond donors (Lipinski definition) is 1. The molecule has 4 heteroatoms. The smallest absolute Gasteiger partial charge is 0.226 e. The first-order valence-corrected chi connectivity index (χ1v) is 6.06. The highest BCUT2D eigenvalue weighted by atomic mass is 16.2. The third-order valence-corrected chi connectivity index (χ3v) is 2.89. The molecule has 0 aliphatic rings. The Balaban J connectivity index is 4.59. The Morgan fingerprint density at radius 3 is 2.35 bits per heavy atom. The lowest BCUT2D eigenvalue weighted by Crippen LogP contribution is -2.42. The summed E-state index contributed by atoms with van der Waals surface area (Å²) in [6.45, 7) is 8.54. The molecule has 0 heterocycles. The average molecular weight is 239 g/mol. The van der Waals surface area contributed by atoms with Crippen LogP contribution in [0.5, 0.6) is 0 Å². The quantitative estimate of drug-likeness (QED) is 0.794. The second-order valence-corrected chi connectivity index (χ2v) is 5.86. The molecule has 17 heavy (non-hydrogen) atoms. The van der Waals surface area contributed by atoms with E-state index in [1.807, 2.05) is 6.92 Å². The largest absolute Gasteiger partial charge is 0.342 e. The Bertz CT molecular complexity index is 288. The molecule has 0 aromatic heterocycles. The summed E-state index contributed by atoms with van der Waals surface area (Å²) in [6.07, 6.45) is 1.13. The summed E-state index contributed by atoms with van der Waals surface area (Å²) >= 11 is 0. The summed E-state index contributed by atoms with van der Waals surface area (Å²) in [6, 6.07) is 2.03. The van der Waals surface area contributed by atoms with Crippen molar-refractivity contribution >= 4 is 5.91 Å². The molecule has 0 saturated carbocycles. The zero-order chi connectivity index (χ0) is 13.6. The molecule has 1 amide bonds. The Morgan fingerprint density at radius 1 is 1.47 bits per heavy atom. The number of rotatable bonds is 5. The van der Waals surface area contributed by atoms with Gasteiger partial charge in [-0.1, -0.05) is 20.8 Å². The molecule has 0 aliphatic heterocycles. The summed E-state index contributed by atoms with van der Waals surface area (Å²) < 4.78 is 0. The van der Waals surface area contributed by atoms with E-state index in [4.69, 9.17) is 11.0 Å². The Labute approximate surface area is 105 Å². The third-order valence-electron chi connectivity index (χ3n) is 2.89. The second kappa shape index (κ2) is 6.61. The maximum Gasteiger partial charge on any atom is 0.226 e. The van der Waals surface area contributed by atoms with Crippen LogP contribution < -0.4 is 5.73 Å². The molecule has 0 aliphatic carbocycles. The van der Waals surface area contributed by atoms with Crippen molar-refractivity contribution in [3.05, 3.63) is 0 Å². The molecular weight excluding hydrogens is 214 g/mol. The SMILES string of the molecule is CC(CC#N)N(C)C(=O)C(CN)CC(C)(C)C. The maximum absolute atomic E-state index is 12.2. The molecule has 0 saturated heterocycles. The van der Waals surface area contributed by atoms with Gasteiger partial charge in [-0.15, -0.1) is 0 Å². The Kier molecular flexibility index (Phi) is 6.19. The van der Waals surface area contributed by atoms with Crippen LogP contribution in [-0.2, 0) is 4.79 Å². The summed E-state index contributed by atoms with van der Waals surface area (Å²) in [7, 11) is 1.75. The first-order valence-electron chi connectivity index (χ1n) is 6.06. The number of amides is 1. The highest BCUT2D eigenvalue weighted by Crippen LogP contribution is 2.25. The van der Waals surface area contributed by atoms with Crippen LogP contribution in [0.4, 0.5) is 0 Å². The summed E-state index contributed by atoms with van der Waals surface area (Å²) in [5.41, 5.74) is 5.76. The van der Waals surface area contributed by atoms with Crippen LogP contribution in [-0.4, -0.2) is 30.4 Å². The minimum absolute atomic E-state index is 0.0465. The van der Waals surface area contributed by atoms with Gasteiger partial charge in [0, 0.05) is 19.6 Å². The van der Waals surface area contributed by atoms with Crippen molar-refractivity contribution in [1.82, 2.24) is 4.90 Å². The molecule has 0 bridgehead atoms. The normalized spacial score (nSPS) is 14.9. The van der Waals surface area contributed by atoms with Gasteiger partial charge in [0.1, 0.15) is 0 Å². The van der Waals surface area contributed by atoms with E-state index < -0.39 is 0 Å². The summed E-state index contributed by atoms with van der Waals surface area (Å²) in [4.78, 5) is 13.9. The minimum atomic E-state index is -0.152. The van der Waals surface area contributed by atoms with E-state index >= 15 is 0 Å². The van der Waals surface area contributed by atoms with Crippen molar-refractivity contribution < 1.29 is 4.79 Å². The van der Waals surface area contributed by atoms with E-state index in [-0.39, 0.29) is 23.3 Å². The van der Waals surface area contributed by atoms with Gasteiger partial charge in [-0.2, -0.15) is 5.26 Å². The zero-order valence-electron chi connectivity index (χ0n) is 11.7. The fraction of sp³-hybridized carbons (Fsp3) is 0.846. The molecule has 2 unspecified atom stereocenters. The van der Waals surface area contributed by atoms with Crippen LogP contribution in [0.3, 0.4) is 0 Å². The van der Waals surface area contributed by atoms with Crippen molar-refractivity contribution in [3.63, 3.8) is 0 Å². The van der Waals surface area contributed by atoms with Crippen LogP contribution in [0.1, 0.15) is 40.5 Å². The van der Waals surface area contributed by atoms with Crippen LogP contribution in [0.25, 0.3) is 0 Å². The number of nitrogens with two attached hydrogens (primary N) is 1. The highest BCUT2D eigenvalue weighted by Gasteiger charge is 2.27. The topological polar surface area (TPSA) is 70.1 Å². The molecule has 4 nitrogen and oxygen atoms in total. The van der Waals surface area contributed by atoms with Gasteiger partial charge in [0.05, 0.1) is 18.4 Å². The van der Waals surface area contributed by atoms with E-state index in [1.54, 1.807) is 11.9 Å². The maximum atomic E-state index is 12.2. The molecule has 2 N–H and O–H groups in total. The number of nitriles is 1. The van der Waals surface area contributed by atoms with Crippen molar-refractivity contribution in [1.29, 1.82) is 5.26 Å². The van der Waals surface area contributed by atoms with E-state index in [0.717, 1.165) is 6.42 Å². The van der Waals surface area contributed by atoms with Crippen LogP contribution >= 0.6 is 0 Å². The monoisotopic (exact) mass is 239 g/mol. The number of carbonyl (C=O) groups excluding carboxylic acids is 1. The predicted molar refractivity (Wildman–Crippen MR) is 69.1 cm³/mol. The lowest BCUT2D eigenvalue weighted by molar-refractivity contribution is -0.136. The van der Waals surface area contributed by atoms with Crippen molar-refractivity contribution in [3.8, 4) is 6.07 Å². The first-order chi connectivity index (χ1) is 7.72. The van der Waals surface area contributed by atoms with Crippen molar-refractivity contribution in [2.75, 3.05) is 13.6 Å². The second-order valence-electron chi connectivity index (χ2n) is 5.86. The third kappa shape index (κ3) is 5.69. The van der Waals surface area contributed by atoms with Gasteiger partial charge in [-0.05, 0) is 18.8 Å². The molecule has 0 radical (unpaired) electrons. The van der Waals surface area contributed by atoms with Crippen LogP contribution in [0.2, 0.25) is 0 Å². The van der Waals surface area contributed by atoms with Gasteiger partial charge in [0.2, 0.25) is 5.91 Å². The number of nitrogens with zero attached hydrogens (tertiary/aromatic N) is 2. The Morgan fingerprint density at radius 2 is 2.00 bits per heavy atom. The van der Waals surface area contributed by atoms with Gasteiger partial charge >= 0.3 is 0 Å². The van der Waals surface area contributed by atoms with Gasteiger partial charge < -0.3 is 10.6 Å². The number of hydrogen-bond acceptors (Lipinski definition) is 3. The van der Waals surface area contributed by atoms with Gasteiger partial charge in [-0.25, -0.2) is 0 Å². The summed E-state index contributed by atoms with van der Waals surface area (Å²) in [5, 5.41) is 8.64. The molecule has 0 fully saturated rings. The molecule has 2 atom stereocenters. The van der Waals surface area contributed by atoms with Gasteiger partial charge in [0.25, 0.3) is 0 Å². The molecule has 0 aromatic carbocycles. The van der Waals surface area contributed by atoms with Crippen molar-refractivity contribution in [2.45, 2.75) is 46.6 Å². The zero-order valence-corrected chi connectivity index (χ0v) is 11.7. The Hall–Kier alpha value is -1.08. The number of carbonyl (C=O) groups is 1. The van der Waals surface area contributed by atoms with E-state index in [0.29, 0.717) is 13.0 Å². The highest BCUT2D eigenvalue weighted by molar-refractivity contribution is 5.79. The average Bonchev–Trinajstić information content (AvgIpc) is 2.23. The standard InChI is InChI=1S/C13H25N3O/c1-10(6-7-14)16(5)12(17)11(9-15)8-13(2,3)4/h10-11H,6,8-9,15H2,1-5H3. The van der Waals surface area contributed by atoms with Crippen LogP contribution in [0.15, 0.2) is 0 Å².